The van der Waals surface area contributed by atoms with Crippen molar-refractivity contribution in [2.75, 3.05) is 4.72 Å². The lowest BCUT2D eigenvalue weighted by molar-refractivity contribution is 1.28. The van der Waals surface area contributed by atoms with Gasteiger partial charge in [-0.2, -0.15) is 5.26 Å². The fourth-order valence-electron chi connectivity index (χ4n) is 1.96. The molecule has 0 bridgehead atoms. The van der Waals surface area contributed by atoms with E-state index in [0.29, 0.717) is 5.56 Å². The molecule has 0 radical (unpaired) electrons. The second-order valence-corrected chi connectivity index (χ2v) is 6.60. The van der Waals surface area contributed by atoms with Gasteiger partial charge in [0.1, 0.15) is 10.3 Å². The largest absolute Gasteiger partial charge is 0.357 e. The molecule has 0 aliphatic heterocycles. The first-order chi connectivity index (χ1) is 9.69. The van der Waals surface area contributed by atoms with E-state index in [4.69, 9.17) is 5.26 Å². The molecule has 3 aromatic heterocycles. The summed E-state index contributed by atoms with van der Waals surface area (Å²) < 4.78 is 4.29. The molecule has 0 aliphatic rings. The van der Waals surface area contributed by atoms with Crippen molar-refractivity contribution >= 4 is 40.0 Å². The summed E-state index contributed by atoms with van der Waals surface area (Å²) >= 11 is 3.10. The number of thiazole rings is 1. The molecule has 0 aromatic carbocycles. The van der Waals surface area contributed by atoms with Gasteiger partial charge in [-0.3, -0.25) is 0 Å². The van der Waals surface area contributed by atoms with Gasteiger partial charge >= 0.3 is 0 Å². The Balaban J connectivity index is 1.94. The van der Waals surface area contributed by atoms with Gasteiger partial charge in [-0.25, -0.2) is 9.97 Å². The van der Waals surface area contributed by atoms with Crippen LogP contribution in [0.3, 0.4) is 0 Å². The predicted octanol–water partition coefficient (Wildman–Crippen LogP) is 3.63. The zero-order valence-electron chi connectivity index (χ0n) is 10.9. The Morgan fingerprint density at radius 1 is 1.35 bits per heavy atom. The Hall–Kier alpha value is -2.04. The normalized spacial score (nSPS) is 10.7. The highest BCUT2D eigenvalue weighted by Gasteiger charge is 2.11. The summed E-state index contributed by atoms with van der Waals surface area (Å²) in [6.45, 7) is 3.93. The number of hydrogen-bond acceptors (Lipinski definition) is 6. The number of nitriles is 1. The molecular weight excluding hydrogens is 290 g/mol. The van der Waals surface area contributed by atoms with E-state index in [-0.39, 0.29) is 0 Å². The lowest BCUT2D eigenvalue weighted by Crippen LogP contribution is -1.92. The highest BCUT2D eigenvalue weighted by molar-refractivity contribution is 8.02. The molecule has 0 fully saturated rings. The van der Waals surface area contributed by atoms with Crippen molar-refractivity contribution in [3.05, 3.63) is 34.7 Å². The molecule has 3 aromatic rings. The summed E-state index contributed by atoms with van der Waals surface area (Å²) in [7, 11) is 0. The van der Waals surface area contributed by atoms with Crippen LogP contribution in [0, 0.1) is 25.2 Å². The molecule has 0 unspecified atom stereocenters. The van der Waals surface area contributed by atoms with E-state index in [9.17, 15) is 0 Å². The van der Waals surface area contributed by atoms with Crippen LogP contribution in [-0.4, -0.2) is 15.0 Å². The van der Waals surface area contributed by atoms with Gasteiger partial charge in [0.05, 0.1) is 22.3 Å². The molecule has 0 atom stereocenters. The topological polar surface area (TPSA) is 77.4 Å². The van der Waals surface area contributed by atoms with Gasteiger partial charge in [0.2, 0.25) is 0 Å². The van der Waals surface area contributed by atoms with Crippen molar-refractivity contribution < 1.29 is 0 Å². The summed E-state index contributed by atoms with van der Waals surface area (Å²) in [4.78, 5) is 11.7. The number of aromatic amines is 1. The highest BCUT2D eigenvalue weighted by Crippen LogP contribution is 2.31. The van der Waals surface area contributed by atoms with E-state index in [0.717, 1.165) is 31.5 Å². The Labute approximate surface area is 124 Å². The number of anilines is 1. The molecule has 100 valence electrons. The third kappa shape index (κ3) is 2.24. The van der Waals surface area contributed by atoms with Gasteiger partial charge in [-0.05, 0) is 31.4 Å². The van der Waals surface area contributed by atoms with Crippen LogP contribution in [0.2, 0.25) is 0 Å². The van der Waals surface area contributed by atoms with E-state index in [1.54, 1.807) is 23.7 Å². The van der Waals surface area contributed by atoms with Crippen LogP contribution >= 0.6 is 23.3 Å². The number of pyridine rings is 1. The minimum absolute atomic E-state index is 0.640. The summed E-state index contributed by atoms with van der Waals surface area (Å²) in [5.41, 5.74) is 2.49. The number of nitrogens with one attached hydrogen (secondary N) is 2. The monoisotopic (exact) mass is 301 g/mol. The Kier molecular flexibility index (Phi) is 3.34. The average Bonchev–Trinajstić information content (AvgIpc) is 3.05. The summed E-state index contributed by atoms with van der Waals surface area (Å²) in [5.74, 6) is 0.725. The molecule has 0 spiro atoms. The van der Waals surface area contributed by atoms with Crippen molar-refractivity contribution in [1.29, 1.82) is 5.26 Å². The van der Waals surface area contributed by atoms with Crippen molar-refractivity contribution in [2.24, 2.45) is 0 Å². The van der Waals surface area contributed by atoms with Crippen LogP contribution in [-0.2, 0) is 0 Å². The highest BCUT2D eigenvalue weighted by atomic mass is 32.2. The van der Waals surface area contributed by atoms with E-state index in [1.807, 2.05) is 20.0 Å². The maximum atomic E-state index is 9.13. The number of hydrogen-bond donors (Lipinski definition) is 2. The lowest BCUT2D eigenvalue weighted by atomic mass is 10.1. The van der Waals surface area contributed by atoms with Gasteiger partial charge in [0, 0.05) is 17.8 Å². The lowest BCUT2D eigenvalue weighted by Gasteiger charge is -2.05. The molecule has 5 nitrogen and oxygen atoms in total. The maximum Gasteiger partial charge on any atom is 0.160 e. The number of H-pyrrole nitrogens is 1. The first-order valence-electron chi connectivity index (χ1n) is 5.91. The molecule has 0 saturated heterocycles. The molecule has 3 rings (SSSR count). The van der Waals surface area contributed by atoms with Crippen LogP contribution in [0.25, 0.3) is 10.9 Å². The summed E-state index contributed by atoms with van der Waals surface area (Å²) in [6, 6.07) is 2.19. The average molecular weight is 301 g/mol. The van der Waals surface area contributed by atoms with Crippen LogP contribution in [0.4, 0.5) is 5.82 Å². The third-order valence-electron chi connectivity index (χ3n) is 2.87. The predicted molar refractivity (Wildman–Crippen MR) is 81.9 cm³/mol. The van der Waals surface area contributed by atoms with Gasteiger partial charge in [-0.15, -0.1) is 11.3 Å². The molecule has 0 saturated carbocycles. The van der Waals surface area contributed by atoms with Crippen LogP contribution < -0.4 is 4.72 Å². The van der Waals surface area contributed by atoms with E-state index < -0.39 is 0 Å². The number of fused-ring (bicyclic) bond motifs is 1. The number of nitrogens with zero attached hydrogens (tertiary/aromatic N) is 3. The standard InChI is InChI=1S/C13H11N5S2/c1-7-4-17-13(12-11(7)9(3-14)5-16-12)18-20-10-6-15-8(2)19-10/h4-6,16H,1-2H3,(H,17,18). The maximum absolute atomic E-state index is 9.13. The van der Waals surface area contributed by atoms with E-state index in [1.165, 1.54) is 11.9 Å². The van der Waals surface area contributed by atoms with Gasteiger partial charge in [0.15, 0.2) is 5.82 Å². The minimum Gasteiger partial charge on any atom is -0.357 e. The van der Waals surface area contributed by atoms with E-state index >= 15 is 0 Å². The second kappa shape index (κ2) is 5.15. The van der Waals surface area contributed by atoms with Gasteiger partial charge in [-0.1, -0.05) is 0 Å². The van der Waals surface area contributed by atoms with Crippen LogP contribution in [0.15, 0.2) is 22.8 Å². The first-order valence-corrected chi connectivity index (χ1v) is 7.54. The molecule has 3 heterocycles. The SMILES string of the molecule is Cc1ncc(SNc2ncc(C)c3c(C#N)c[nH]c23)s1. The van der Waals surface area contributed by atoms with Gasteiger partial charge in [0.25, 0.3) is 0 Å². The molecular formula is C13H11N5S2. The fourth-order valence-corrected chi connectivity index (χ4v) is 3.58. The Bertz CT molecular complexity index is 812. The molecule has 0 aliphatic carbocycles. The molecule has 20 heavy (non-hydrogen) atoms. The smallest absolute Gasteiger partial charge is 0.160 e. The van der Waals surface area contributed by atoms with Crippen molar-refractivity contribution in [3.8, 4) is 6.07 Å². The van der Waals surface area contributed by atoms with E-state index in [2.05, 4.69) is 25.7 Å². The number of aromatic nitrogens is 3. The van der Waals surface area contributed by atoms with Crippen LogP contribution in [0.5, 0.6) is 0 Å². The van der Waals surface area contributed by atoms with Crippen molar-refractivity contribution in [2.45, 2.75) is 18.1 Å². The van der Waals surface area contributed by atoms with Gasteiger partial charge < -0.3 is 9.71 Å². The molecule has 7 heteroatoms. The second-order valence-electron chi connectivity index (χ2n) is 4.26. The number of rotatable bonds is 3. The first kappa shape index (κ1) is 13.0. The number of aryl methyl sites for hydroxylation is 2. The minimum atomic E-state index is 0.640. The summed E-state index contributed by atoms with van der Waals surface area (Å²) in [6.07, 6.45) is 5.32. The van der Waals surface area contributed by atoms with Crippen LogP contribution in [0.1, 0.15) is 16.1 Å². The molecule has 0 amide bonds. The van der Waals surface area contributed by atoms with Crippen molar-refractivity contribution in [3.63, 3.8) is 0 Å². The zero-order valence-corrected chi connectivity index (χ0v) is 12.5. The Morgan fingerprint density at radius 2 is 2.20 bits per heavy atom. The molecule has 2 N–H and O–H groups in total. The third-order valence-corrected chi connectivity index (χ3v) is 4.68. The van der Waals surface area contributed by atoms with Crippen molar-refractivity contribution in [1.82, 2.24) is 15.0 Å². The Morgan fingerprint density at radius 3 is 2.90 bits per heavy atom. The summed E-state index contributed by atoms with van der Waals surface area (Å²) in [5, 5.41) is 11.1. The zero-order chi connectivity index (χ0) is 14.1. The quantitative estimate of drug-likeness (QED) is 0.722. The fraction of sp³-hybridized carbons (Fsp3) is 0.154.